The molecular weight excluding hydrogens is 444 g/mol. The highest BCUT2D eigenvalue weighted by Gasteiger charge is 2.40. The maximum Gasteiger partial charge on any atom is 0.253 e. The molecule has 0 aliphatic carbocycles. The first kappa shape index (κ1) is 23.2. The van der Waals surface area contributed by atoms with Crippen LogP contribution in [0.4, 0.5) is 17.1 Å². The fourth-order valence-electron chi connectivity index (χ4n) is 5.35. The molecule has 1 N–H and O–H groups in total. The molecule has 35 heavy (non-hydrogen) atoms. The van der Waals surface area contributed by atoms with Gasteiger partial charge in [0.1, 0.15) is 18.3 Å². The third-order valence-electron chi connectivity index (χ3n) is 7.20. The van der Waals surface area contributed by atoms with Crippen molar-refractivity contribution in [2.45, 2.75) is 44.6 Å². The molecule has 8 heteroatoms. The van der Waals surface area contributed by atoms with E-state index in [1.165, 1.54) is 0 Å². The van der Waals surface area contributed by atoms with E-state index >= 15 is 0 Å². The minimum Gasteiger partial charge on any atom is -0.497 e. The number of rotatable bonds is 5. The number of nitrogens with one attached hydrogen (secondary N) is 1. The summed E-state index contributed by atoms with van der Waals surface area (Å²) in [6, 6.07) is 12.4. The Labute approximate surface area is 205 Å². The number of amides is 3. The molecule has 3 amide bonds. The first-order valence-electron chi connectivity index (χ1n) is 12.5. The molecule has 8 nitrogen and oxygen atoms in total. The lowest BCUT2D eigenvalue weighted by Crippen LogP contribution is -2.56. The van der Waals surface area contributed by atoms with Gasteiger partial charge in [-0.1, -0.05) is 0 Å². The van der Waals surface area contributed by atoms with Gasteiger partial charge in [-0.05, 0) is 81.0 Å². The maximum atomic E-state index is 13.6. The summed E-state index contributed by atoms with van der Waals surface area (Å²) >= 11 is 0. The molecule has 0 saturated carbocycles. The average molecular weight is 477 g/mol. The van der Waals surface area contributed by atoms with E-state index in [4.69, 9.17) is 4.74 Å². The zero-order valence-corrected chi connectivity index (χ0v) is 20.2. The molecule has 3 heterocycles. The van der Waals surface area contributed by atoms with Crippen LogP contribution in [0.5, 0.6) is 5.75 Å². The largest absolute Gasteiger partial charge is 0.497 e. The SMILES string of the molecule is COc1ccc(NC(=O)CN2C(=O)[C@@H]3CCCCN3c3ccc(C(=O)N4CCCCC4)cc32)cc1. The van der Waals surface area contributed by atoms with Crippen molar-refractivity contribution in [3.63, 3.8) is 0 Å². The van der Waals surface area contributed by atoms with E-state index in [0.717, 1.165) is 63.8 Å². The lowest BCUT2D eigenvalue weighted by Gasteiger charge is -2.45. The summed E-state index contributed by atoms with van der Waals surface area (Å²) in [7, 11) is 1.59. The van der Waals surface area contributed by atoms with Gasteiger partial charge in [0.2, 0.25) is 11.8 Å². The molecule has 3 aliphatic heterocycles. The van der Waals surface area contributed by atoms with Crippen LogP contribution >= 0.6 is 0 Å². The van der Waals surface area contributed by atoms with Crippen LogP contribution in [0.15, 0.2) is 42.5 Å². The monoisotopic (exact) mass is 476 g/mol. The molecular formula is C27H32N4O4. The van der Waals surface area contributed by atoms with E-state index in [0.29, 0.717) is 22.7 Å². The van der Waals surface area contributed by atoms with Crippen LogP contribution in [0.2, 0.25) is 0 Å². The summed E-state index contributed by atoms with van der Waals surface area (Å²) in [6.07, 6.45) is 5.96. The Bertz CT molecular complexity index is 1110. The Morgan fingerprint density at radius 1 is 0.943 bits per heavy atom. The summed E-state index contributed by atoms with van der Waals surface area (Å²) in [5.41, 5.74) is 2.76. The smallest absolute Gasteiger partial charge is 0.253 e. The standard InChI is InChI=1S/C27H32N4O4/c1-35-21-11-9-20(10-12-21)28-25(32)18-31-24-17-19(26(33)29-14-4-2-5-15-29)8-13-22(24)30-16-6-3-7-23(30)27(31)34/h8-13,17,23H,2-7,14-16,18H2,1H3,(H,28,32)/t23-/m0/s1. The van der Waals surface area contributed by atoms with Crippen molar-refractivity contribution in [2.75, 3.05) is 48.4 Å². The number of benzene rings is 2. The second-order valence-corrected chi connectivity index (χ2v) is 9.46. The number of fused-ring (bicyclic) bond motifs is 3. The van der Waals surface area contributed by atoms with Crippen molar-refractivity contribution in [3.05, 3.63) is 48.0 Å². The summed E-state index contributed by atoms with van der Waals surface area (Å²) in [5, 5.41) is 2.88. The number of methoxy groups -OCH3 is 1. The quantitative estimate of drug-likeness (QED) is 0.712. The number of carbonyl (C=O) groups excluding carboxylic acids is 3. The number of ether oxygens (including phenoxy) is 1. The molecule has 2 aromatic rings. The van der Waals surface area contributed by atoms with Crippen molar-refractivity contribution in [1.82, 2.24) is 4.90 Å². The van der Waals surface area contributed by atoms with Gasteiger partial charge in [0, 0.05) is 30.9 Å². The van der Waals surface area contributed by atoms with E-state index in [1.807, 2.05) is 17.0 Å². The van der Waals surface area contributed by atoms with Crippen LogP contribution in [0.3, 0.4) is 0 Å². The Hall–Kier alpha value is -3.55. The summed E-state index contributed by atoms with van der Waals surface area (Å²) < 4.78 is 5.17. The predicted octanol–water partition coefficient (Wildman–Crippen LogP) is 3.67. The molecule has 184 valence electrons. The predicted molar refractivity (Wildman–Crippen MR) is 135 cm³/mol. The van der Waals surface area contributed by atoms with Gasteiger partial charge in [0.15, 0.2) is 0 Å². The van der Waals surface area contributed by atoms with Gasteiger partial charge in [-0.15, -0.1) is 0 Å². The minimum atomic E-state index is -0.286. The summed E-state index contributed by atoms with van der Waals surface area (Å²) in [6.45, 7) is 2.21. The molecule has 2 fully saturated rings. The molecule has 1 atom stereocenters. The number of hydrogen-bond donors (Lipinski definition) is 1. The number of piperidine rings is 2. The Morgan fingerprint density at radius 2 is 1.69 bits per heavy atom. The summed E-state index contributed by atoms with van der Waals surface area (Å²) in [5.74, 6) is 0.325. The van der Waals surface area contributed by atoms with Gasteiger partial charge >= 0.3 is 0 Å². The van der Waals surface area contributed by atoms with E-state index in [9.17, 15) is 14.4 Å². The van der Waals surface area contributed by atoms with Crippen LogP contribution in [-0.4, -0.2) is 62.0 Å². The Kier molecular flexibility index (Phi) is 6.61. The first-order valence-corrected chi connectivity index (χ1v) is 12.5. The topological polar surface area (TPSA) is 82.2 Å². The van der Waals surface area contributed by atoms with Crippen LogP contribution in [-0.2, 0) is 9.59 Å². The van der Waals surface area contributed by atoms with E-state index in [1.54, 1.807) is 42.3 Å². The molecule has 2 saturated heterocycles. The first-order chi connectivity index (χ1) is 17.0. The van der Waals surface area contributed by atoms with Gasteiger partial charge in [0.05, 0.1) is 18.5 Å². The van der Waals surface area contributed by atoms with Gasteiger partial charge in [0.25, 0.3) is 5.91 Å². The normalized spacial score (nSPS) is 19.6. The fraction of sp³-hybridized carbons (Fsp3) is 0.444. The lowest BCUT2D eigenvalue weighted by molar-refractivity contribution is -0.123. The average Bonchev–Trinajstić information content (AvgIpc) is 2.91. The number of carbonyl (C=O) groups is 3. The van der Waals surface area contributed by atoms with E-state index in [-0.39, 0.29) is 30.3 Å². The minimum absolute atomic E-state index is 0.0108. The third-order valence-corrected chi connectivity index (χ3v) is 7.20. The zero-order valence-electron chi connectivity index (χ0n) is 20.2. The molecule has 0 spiro atoms. The van der Waals surface area contributed by atoms with Crippen molar-refractivity contribution in [3.8, 4) is 5.75 Å². The molecule has 0 bridgehead atoms. The van der Waals surface area contributed by atoms with E-state index < -0.39 is 0 Å². The highest BCUT2D eigenvalue weighted by molar-refractivity contribution is 6.11. The zero-order chi connectivity index (χ0) is 24.4. The van der Waals surface area contributed by atoms with Gasteiger partial charge in [-0.3, -0.25) is 19.3 Å². The van der Waals surface area contributed by atoms with Gasteiger partial charge in [-0.2, -0.15) is 0 Å². The van der Waals surface area contributed by atoms with Gasteiger partial charge < -0.3 is 19.9 Å². The third kappa shape index (κ3) is 4.70. The van der Waals surface area contributed by atoms with Crippen molar-refractivity contribution >= 4 is 34.8 Å². The van der Waals surface area contributed by atoms with Crippen molar-refractivity contribution < 1.29 is 19.1 Å². The molecule has 0 unspecified atom stereocenters. The van der Waals surface area contributed by atoms with Crippen LogP contribution in [0.25, 0.3) is 0 Å². The molecule has 2 aromatic carbocycles. The number of anilines is 3. The Balaban J connectivity index is 1.42. The fourth-order valence-corrected chi connectivity index (χ4v) is 5.35. The molecule has 0 aromatic heterocycles. The van der Waals surface area contributed by atoms with Crippen LogP contribution < -0.4 is 19.9 Å². The van der Waals surface area contributed by atoms with Crippen molar-refractivity contribution in [2.24, 2.45) is 0 Å². The second-order valence-electron chi connectivity index (χ2n) is 9.46. The van der Waals surface area contributed by atoms with Crippen LogP contribution in [0, 0.1) is 0 Å². The lowest BCUT2D eigenvalue weighted by atomic mass is 9.95. The summed E-state index contributed by atoms with van der Waals surface area (Å²) in [4.78, 5) is 45.4. The maximum absolute atomic E-state index is 13.6. The van der Waals surface area contributed by atoms with Crippen molar-refractivity contribution in [1.29, 1.82) is 0 Å². The highest BCUT2D eigenvalue weighted by Crippen LogP contribution is 2.40. The molecule has 0 radical (unpaired) electrons. The number of hydrogen-bond acceptors (Lipinski definition) is 5. The molecule has 5 rings (SSSR count). The van der Waals surface area contributed by atoms with E-state index in [2.05, 4.69) is 10.2 Å². The number of likely N-dealkylation sites (tertiary alicyclic amines) is 1. The highest BCUT2D eigenvalue weighted by atomic mass is 16.5. The van der Waals surface area contributed by atoms with Crippen LogP contribution in [0.1, 0.15) is 48.9 Å². The van der Waals surface area contributed by atoms with Gasteiger partial charge in [-0.25, -0.2) is 0 Å². The molecule has 3 aliphatic rings. The second kappa shape index (κ2) is 9.98. The number of nitrogens with zero attached hydrogens (tertiary/aromatic N) is 3. The Morgan fingerprint density at radius 3 is 2.43 bits per heavy atom.